The number of allylic oxidation sites excluding steroid dienone is 1. The maximum atomic E-state index is 15.4. The SMILES string of the molecule is Cc1cn2c(n1)nc(O[C@@H]1C[C@H]3C(=O)N[C@]4(C(=O)NS(=O)(=O)C5(CF)CC5)C[C@H]4/C=C\CC[C@H](C)C[C@@H](C)[C@H](N(C(=O)O)C(C)(C)C(C)(F)F)C(=O)N3C1)c1cc(Cl)ccc12. The Labute approximate surface area is 356 Å². The molecule has 2 saturated carbocycles. The van der Waals surface area contributed by atoms with Crippen LogP contribution in [-0.2, 0) is 24.4 Å². The number of hydrogen-bond donors (Lipinski definition) is 3. The molecule has 4 amide bonds. The lowest BCUT2D eigenvalue weighted by atomic mass is 9.84. The molecule has 3 aromatic rings. The summed E-state index contributed by atoms with van der Waals surface area (Å²) in [5.41, 5.74) is -2.94. The van der Waals surface area contributed by atoms with Gasteiger partial charge in [0.05, 0.1) is 23.1 Å². The number of aryl methyl sites for hydroxylation is 1. The Bertz CT molecular complexity index is 2420. The van der Waals surface area contributed by atoms with Crippen molar-refractivity contribution >= 4 is 62.1 Å². The van der Waals surface area contributed by atoms with Crippen LogP contribution < -0.4 is 14.8 Å². The Morgan fingerprint density at radius 2 is 1.85 bits per heavy atom. The number of imidazole rings is 1. The van der Waals surface area contributed by atoms with E-state index in [0.29, 0.717) is 46.3 Å². The summed E-state index contributed by atoms with van der Waals surface area (Å²) in [5, 5.41) is 14.2. The third-order valence-electron chi connectivity index (χ3n) is 13.1. The Morgan fingerprint density at radius 1 is 1.15 bits per heavy atom. The predicted molar refractivity (Wildman–Crippen MR) is 218 cm³/mol. The second kappa shape index (κ2) is 15.6. The summed E-state index contributed by atoms with van der Waals surface area (Å²) < 4.78 is 79.8. The van der Waals surface area contributed by atoms with Crippen molar-refractivity contribution in [2.45, 2.75) is 126 Å². The number of amides is 4. The van der Waals surface area contributed by atoms with E-state index in [0.717, 1.165) is 18.7 Å². The lowest BCUT2D eigenvalue weighted by Gasteiger charge is -2.47. The van der Waals surface area contributed by atoms with E-state index in [9.17, 15) is 32.3 Å². The lowest BCUT2D eigenvalue weighted by Crippen LogP contribution is -2.66. The summed E-state index contributed by atoms with van der Waals surface area (Å²) in [4.78, 5) is 67.8. The molecule has 2 aliphatic heterocycles. The number of sulfonamides is 1. The molecule has 332 valence electrons. The first-order valence-electron chi connectivity index (χ1n) is 20.4. The van der Waals surface area contributed by atoms with Crippen molar-refractivity contribution in [1.29, 1.82) is 0 Å². The van der Waals surface area contributed by atoms with Crippen molar-refractivity contribution in [3.05, 3.63) is 47.3 Å². The first-order chi connectivity index (χ1) is 28.4. The van der Waals surface area contributed by atoms with Crippen LogP contribution in [0.15, 0.2) is 36.5 Å². The summed E-state index contributed by atoms with van der Waals surface area (Å²) in [5.74, 6) is -7.85. The molecule has 0 bridgehead atoms. The number of carbonyl (C=O) groups is 4. The average Bonchev–Trinajstić information content (AvgIpc) is 4.02. The molecule has 61 heavy (non-hydrogen) atoms. The van der Waals surface area contributed by atoms with Crippen LogP contribution in [0.25, 0.3) is 16.7 Å². The van der Waals surface area contributed by atoms with Crippen molar-refractivity contribution in [3.8, 4) is 5.88 Å². The number of halogens is 4. The topological polar surface area (TPSA) is 193 Å². The van der Waals surface area contributed by atoms with Crippen molar-refractivity contribution in [3.63, 3.8) is 0 Å². The van der Waals surface area contributed by atoms with Crippen LogP contribution in [0.3, 0.4) is 0 Å². The van der Waals surface area contributed by atoms with Crippen molar-refractivity contribution in [2.24, 2.45) is 17.8 Å². The number of ether oxygens (including phenoxy) is 1. The quantitative estimate of drug-likeness (QED) is 0.221. The van der Waals surface area contributed by atoms with Crippen LogP contribution in [0.2, 0.25) is 5.02 Å². The molecular formula is C41H51ClF3N7O8S. The smallest absolute Gasteiger partial charge is 0.408 e. The Hall–Kier alpha value is -4.65. The highest BCUT2D eigenvalue weighted by Crippen LogP contribution is 2.48. The Balaban J connectivity index is 1.31. The number of carboxylic acid groups (broad SMARTS) is 1. The molecular weight excluding hydrogens is 843 g/mol. The van der Waals surface area contributed by atoms with Gasteiger partial charge in [0.2, 0.25) is 33.5 Å². The maximum Gasteiger partial charge on any atom is 0.408 e. The first kappa shape index (κ1) is 44.4. The summed E-state index contributed by atoms with van der Waals surface area (Å²) >= 11 is 6.41. The van der Waals surface area contributed by atoms with E-state index < -0.39 is 92.3 Å². The van der Waals surface area contributed by atoms with Gasteiger partial charge in [0.15, 0.2) is 0 Å². The first-order valence-corrected chi connectivity index (χ1v) is 22.2. The normalized spacial score (nSPS) is 28.9. The summed E-state index contributed by atoms with van der Waals surface area (Å²) in [6.07, 6.45) is 3.52. The molecule has 1 saturated heterocycles. The molecule has 20 heteroatoms. The van der Waals surface area contributed by atoms with Crippen LogP contribution in [0.1, 0.15) is 85.3 Å². The molecule has 1 aromatic carbocycles. The number of alkyl halides is 3. The highest BCUT2D eigenvalue weighted by Gasteiger charge is 2.64. The zero-order chi connectivity index (χ0) is 44.6. The van der Waals surface area contributed by atoms with Gasteiger partial charge >= 0.3 is 6.09 Å². The van der Waals surface area contributed by atoms with Crippen molar-refractivity contribution < 1.29 is 50.6 Å². The van der Waals surface area contributed by atoms with Gasteiger partial charge in [0.1, 0.15) is 40.7 Å². The highest BCUT2D eigenvalue weighted by molar-refractivity contribution is 7.91. The summed E-state index contributed by atoms with van der Waals surface area (Å²) in [6, 6.07) is 1.86. The van der Waals surface area contributed by atoms with Crippen LogP contribution in [0.4, 0.5) is 18.0 Å². The van der Waals surface area contributed by atoms with Gasteiger partial charge in [0, 0.05) is 30.5 Å². The Morgan fingerprint density at radius 3 is 2.49 bits per heavy atom. The lowest BCUT2D eigenvalue weighted by molar-refractivity contribution is -0.156. The monoisotopic (exact) mass is 893 g/mol. The fourth-order valence-electron chi connectivity index (χ4n) is 8.84. The number of aromatic nitrogens is 3. The summed E-state index contributed by atoms with van der Waals surface area (Å²) in [7, 11) is -4.49. The van der Waals surface area contributed by atoms with Gasteiger partial charge in [-0.25, -0.2) is 31.4 Å². The fraction of sp³-hybridized carbons (Fsp3) is 0.610. The molecule has 2 aliphatic carbocycles. The van der Waals surface area contributed by atoms with E-state index >= 15 is 13.6 Å². The van der Waals surface area contributed by atoms with Gasteiger partial charge < -0.3 is 20.1 Å². The van der Waals surface area contributed by atoms with Crippen LogP contribution in [0, 0.1) is 24.7 Å². The number of benzene rings is 1. The minimum Gasteiger partial charge on any atom is -0.472 e. The van der Waals surface area contributed by atoms with Crippen LogP contribution in [0.5, 0.6) is 5.88 Å². The second-order valence-electron chi connectivity index (χ2n) is 18.0. The summed E-state index contributed by atoms with van der Waals surface area (Å²) in [6.45, 7) is 6.41. The molecule has 4 heterocycles. The maximum absolute atomic E-state index is 15.4. The average molecular weight is 894 g/mol. The van der Waals surface area contributed by atoms with Gasteiger partial charge in [-0.2, -0.15) is 4.98 Å². The molecule has 7 atom stereocenters. The van der Waals surface area contributed by atoms with Gasteiger partial charge in [-0.05, 0) is 89.3 Å². The van der Waals surface area contributed by atoms with E-state index in [4.69, 9.17) is 16.3 Å². The van der Waals surface area contributed by atoms with E-state index in [-0.39, 0.29) is 56.2 Å². The fourth-order valence-corrected chi connectivity index (χ4v) is 10.4. The number of nitrogens with one attached hydrogen (secondary N) is 2. The van der Waals surface area contributed by atoms with Crippen molar-refractivity contribution in [2.75, 3.05) is 13.2 Å². The Kier molecular flexibility index (Phi) is 11.4. The molecule has 3 fully saturated rings. The van der Waals surface area contributed by atoms with Crippen molar-refractivity contribution in [1.82, 2.24) is 34.2 Å². The third-order valence-corrected chi connectivity index (χ3v) is 15.5. The predicted octanol–water partition coefficient (Wildman–Crippen LogP) is 5.81. The largest absolute Gasteiger partial charge is 0.472 e. The van der Waals surface area contributed by atoms with E-state index in [2.05, 4.69) is 15.3 Å². The molecule has 0 spiro atoms. The molecule has 0 radical (unpaired) electrons. The van der Waals surface area contributed by atoms with Gasteiger partial charge in [0.25, 0.3) is 11.8 Å². The number of carbonyl (C=O) groups excluding carboxylic acids is 3. The molecule has 7 rings (SSSR count). The standard InChI is InChI=1S/C41H51ClF3N7O8S/c1-22-9-7-8-10-25-18-41(25,35(55)49-61(58,59)40(21-43)13-14-40)48-32(53)30-17-27(60-33-28-16-26(42)11-12-29(28)51-19-24(3)46-36(51)47-33)20-50(30)34(54)31(23(2)15-22)52(37(56)57)38(4,5)39(6,44)45/h8,10-12,16,19,22-23,25,27,30-31H,7,9,13-15,17-18,20-21H2,1-6H3,(H,48,53)(H,49,55)(H,56,57)/b10-8-/t22-,23+,25+,27+,30-,31-,41+/m0/s1. The van der Waals surface area contributed by atoms with E-state index in [1.54, 1.807) is 54.8 Å². The molecule has 4 aliphatic rings. The number of fused-ring (bicyclic) bond motifs is 5. The van der Waals surface area contributed by atoms with E-state index in [1.807, 2.05) is 11.6 Å². The molecule has 3 N–H and O–H groups in total. The zero-order valence-corrected chi connectivity index (χ0v) is 36.3. The second-order valence-corrected chi connectivity index (χ2v) is 20.5. The third kappa shape index (κ3) is 8.00. The minimum absolute atomic E-state index is 0.0119. The van der Waals surface area contributed by atoms with Gasteiger partial charge in [-0.15, -0.1) is 0 Å². The van der Waals surface area contributed by atoms with Gasteiger partial charge in [-0.1, -0.05) is 37.6 Å². The minimum atomic E-state index is -4.49. The molecule has 15 nitrogen and oxygen atoms in total. The number of rotatable bonds is 9. The van der Waals surface area contributed by atoms with E-state index in [1.165, 1.54) is 0 Å². The number of nitrogens with zero attached hydrogens (tertiary/aromatic N) is 5. The van der Waals surface area contributed by atoms with Crippen LogP contribution in [-0.4, -0.2) is 115 Å². The molecule has 0 unspecified atom stereocenters. The van der Waals surface area contributed by atoms with Crippen LogP contribution >= 0.6 is 11.6 Å². The highest BCUT2D eigenvalue weighted by atomic mass is 35.5. The zero-order valence-electron chi connectivity index (χ0n) is 34.8. The molecule has 2 aromatic heterocycles. The number of hydrogen-bond acceptors (Lipinski definition) is 9. The van der Waals surface area contributed by atoms with Gasteiger partial charge in [-0.3, -0.25) is 28.4 Å².